The summed E-state index contributed by atoms with van der Waals surface area (Å²) in [6.07, 6.45) is 4.03. The van der Waals surface area contributed by atoms with Crippen LogP contribution in [0, 0.1) is 0 Å². The number of benzene rings is 2. The molecule has 0 radical (unpaired) electrons. The van der Waals surface area contributed by atoms with E-state index < -0.39 is 0 Å². The van der Waals surface area contributed by atoms with E-state index in [9.17, 15) is 0 Å². The van der Waals surface area contributed by atoms with Crippen molar-refractivity contribution in [2.24, 2.45) is 0 Å². The molecule has 0 saturated heterocycles. The zero-order chi connectivity index (χ0) is 12.9. The van der Waals surface area contributed by atoms with Crippen LogP contribution in [-0.2, 0) is 6.54 Å². The first-order valence-electron chi connectivity index (χ1n) is 6.95. The predicted octanol–water partition coefficient (Wildman–Crippen LogP) is 4.12. The van der Waals surface area contributed by atoms with E-state index in [1.165, 1.54) is 24.8 Å². The summed E-state index contributed by atoms with van der Waals surface area (Å²) in [5.41, 5.74) is 1.31. The summed E-state index contributed by atoms with van der Waals surface area (Å²) < 4.78 is 5.77. The van der Waals surface area contributed by atoms with Gasteiger partial charge in [0.1, 0.15) is 11.5 Å². The third kappa shape index (κ3) is 3.36. The van der Waals surface area contributed by atoms with Crippen LogP contribution in [0.25, 0.3) is 0 Å². The Balaban J connectivity index is 1.56. The summed E-state index contributed by atoms with van der Waals surface area (Å²) in [4.78, 5) is 0. The van der Waals surface area contributed by atoms with Gasteiger partial charge in [-0.3, -0.25) is 0 Å². The van der Waals surface area contributed by atoms with Crippen molar-refractivity contribution in [3.05, 3.63) is 60.2 Å². The van der Waals surface area contributed by atoms with Gasteiger partial charge in [0.2, 0.25) is 0 Å². The number of hydrogen-bond acceptors (Lipinski definition) is 2. The van der Waals surface area contributed by atoms with Crippen molar-refractivity contribution in [2.45, 2.75) is 31.8 Å². The first-order chi connectivity index (χ1) is 9.40. The zero-order valence-electron chi connectivity index (χ0n) is 11.0. The molecule has 1 N–H and O–H groups in total. The van der Waals surface area contributed by atoms with Crippen LogP contribution < -0.4 is 10.1 Å². The first-order valence-corrected chi connectivity index (χ1v) is 6.95. The average molecular weight is 253 g/mol. The number of para-hydroxylation sites is 1. The highest BCUT2D eigenvalue weighted by atomic mass is 16.5. The first kappa shape index (κ1) is 12.2. The zero-order valence-corrected chi connectivity index (χ0v) is 11.0. The highest BCUT2D eigenvalue weighted by molar-refractivity contribution is 5.32. The molecule has 1 saturated carbocycles. The van der Waals surface area contributed by atoms with Crippen LogP contribution in [-0.4, -0.2) is 6.04 Å². The Labute approximate surface area is 114 Å². The van der Waals surface area contributed by atoms with E-state index in [1.54, 1.807) is 0 Å². The van der Waals surface area contributed by atoms with Crippen molar-refractivity contribution in [1.29, 1.82) is 0 Å². The molecule has 2 heteroatoms. The lowest BCUT2D eigenvalue weighted by Gasteiger charge is -2.26. The second-order valence-corrected chi connectivity index (χ2v) is 5.07. The lowest BCUT2D eigenvalue weighted by Crippen LogP contribution is -2.34. The highest BCUT2D eigenvalue weighted by Gasteiger charge is 2.15. The van der Waals surface area contributed by atoms with Crippen LogP contribution >= 0.6 is 0 Å². The molecule has 1 fully saturated rings. The SMILES string of the molecule is c1ccc(Oc2ccc(CNC3CCC3)cc2)cc1. The van der Waals surface area contributed by atoms with Crippen molar-refractivity contribution >= 4 is 0 Å². The molecule has 0 atom stereocenters. The fourth-order valence-corrected chi connectivity index (χ4v) is 2.17. The van der Waals surface area contributed by atoms with Gasteiger partial charge in [-0.15, -0.1) is 0 Å². The van der Waals surface area contributed by atoms with Crippen LogP contribution in [0.4, 0.5) is 0 Å². The minimum atomic E-state index is 0.736. The molecular weight excluding hydrogens is 234 g/mol. The maximum Gasteiger partial charge on any atom is 0.127 e. The number of hydrogen-bond donors (Lipinski definition) is 1. The summed E-state index contributed by atoms with van der Waals surface area (Å²) in [7, 11) is 0. The molecule has 0 amide bonds. The van der Waals surface area contributed by atoms with Gasteiger partial charge in [0.15, 0.2) is 0 Å². The molecule has 2 aromatic carbocycles. The molecule has 1 aliphatic carbocycles. The van der Waals surface area contributed by atoms with E-state index >= 15 is 0 Å². The third-order valence-electron chi connectivity index (χ3n) is 3.60. The summed E-state index contributed by atoms with van der Waals surface area (Å²) in [5, 5.41) is 3.56. The van der Waals surface area contributed by atoms with Gasteiger partial charge in [-0.05, 0) is 42.7 Å². The van der Waals surface area contributed by atoms with Crippen molar-refractivity contribution in [3.8, 4) is 11.5 Å². The van der Waals surface area contributed by atoms with Crippen molar-refractivity contribution < 1.29 is 4.74 Å². The van der Waals surface area contributed by atoms with E-state index in [-0.39, 0.29) is 0 Å². The van der Waals surface area contributed by atoms with Crippen LogP contribution in [0.2, 0.25) is 0 Å². The molecule has 3 rings (SSSR count). The van der Waals surface area contributed by atoms with Crippen LogP contribution in [0.5, 0.6) is 11.5 Å². The molecule has 2 aromatic rings. The van der Waals surface area contributed by atoms with Gasteiger partial charge in [0.05, 0.1) is 0 Å². The molecule has 2 nitrogen and oxygen atoms in total. The van der Waals surface area contributed by atoms with E-state index in [0.717, 1.165) is 24.1 Å². The molecule has 1 aliphatic rings. The lowest BCUT2D eigenvalue weighted by molar-refractivity contribution is 0.338. The Morgan fingerprint density at radius 1 is 0.895 bits per heavy atom. The standard InChI is InChI=1S/C17H19NO/c1-2-7-16(8-3-1)19-17-11-9-14(10-12-17)13-18-15-5-4-6-15/h1-3,7-12,15,18H,4-6,13H2. The minimum absolute atomic E-state index is 0.736. The van der Waals surface area contributed by atoms with E-state index in [2.05, 4.69) is 17.4 Å². The van der Waals surface area contributed by atoms with Gasteiger partial charge in [-0.25, -0.2) is 0 Å². The largest absolute Gasteiger partial charge is 0.457 e. The van der Waals surface area contributed by atoms with Crippen LogP contribution in [0.15, 0.2) is 54.6 Å². The molecule has 19 heavy (non-hydrogen) atoms. The topological polar surface area (TPSA) is 21.3 Å². The van der Waals surface area contributed by atoms with Gasteiger partial charge in [-0.1, -0.05) is 36.8 Å². The number of rotatable bonds is 5. The number of ether oxygens (including phenoxy) is 1. The molecule has 0 aromatic heterocycles. The molecule has 0 unspecified atom stereocenters. The third-order valence-corrected chi connectivity index (χ3v) is 3.60. The van der Waals surface area contributed by atoms with Gasteiger partial charge in [0, 0.05) is 12.6 Å². The summed E-state index contributed by atoms with van der Waals surface area (Å²) >= 11 is 0. The lowest BCUT2D eigenvalue weighted by atomic mass is 9.93. The molecule has 0 aliphatic heterocycles. The molecule has 98 valence electrons. The van der Waals surface area contributed by atoms with Gasteiger partial charge in [0.25, 0.3) is 0 Å². The Bertz CT molecular complexity index is 503. The second kappa shape index (κ2) is 5.89. The molecule has 0 bridgehead atoms. The van der Waals surface area contributed by atoms with Crippen LogP contribution in [0.1, 0.15) is 24.8 Å². The predicted molar refractivity (Wildman–Crippen MR) is 77.4 cm³/mol. The molecular formula is C17H19NO. The quantitative estimate of drug-likeness (QED) is 0.865. The van der Waals surface area contributed by atoms with E-state index in [4.69, 9.17) is 4.74 Å². The normalized spacial score (nSPS) is 14.9. The Kier molecular flexibility index (Phi) is 3.80. The molecule has 0 spiro atoms. The summed E-state index contributed by atoms with van der Waals surface area (Å²) in [5.74, 6) is 1.77. The van der Waals surface area contributed by atoms with E-state index in [0.29, 0.717) is 0 Å². The smallest absolute Gasteiger partial charge is 0.127 e. The monoisotopic (exact) mass is 253 g/mol. The van der Waals surface area contributed by atoms with Crippen molar-refractivity contribution in [1.82, 2.24) is 5.32 Å². The fraction of sp³-hybridized carbons (Fsp3) is 0.294. The maximum absolute atomic E-state index is 5.77. The summed E-state index contributed by atoms with van der Waals surface area (Å²) in [6, 6.07) is 18.9. The Morgan fingerprint density at radius 3 is 2.21 bits per heavy atom. The average Bonchev–Trinajstić information content (AvgIpc) is 2.40. The minimum Gasteiger partial charge on any atom is -0.457 e. The van der Waals surface area contributed by atoms with Gasteiger partial charge >= 0.3 is 0 Å². The van der Waals surface area contributed by atoms with Crippen LogP contribution in [0.3, 0.4) is 0 Å². The van der Waals surface area contributed by atoms with Gasteiger partial charge in [-0.2, -0.15) is 0 Å². The van der Waals surface area contributed by atoms with E-state index in [1.807, 2.05) is 42.5 Å². The fourth-order valence-electron chi connectivity index (χ4n) is 2.17. The Morgan fingerprint density at radius 2 is 1.58 bits per heavy atom. The Hall–Kier alpha value is -1.80. The molecule has 0 heterocycles. The van der Waals surface area contributed by atoms with Crippen molar-refractivity contribution in [3.63, 3.8) is 0 Å². The summed E-state index contributed by atoms with van der Waals surface area (Å²) in [6.45, 7) is 0.955. The van der Waals surface area contributed by atoms with Crippen molar-refractivity contribution in [2.75, 3.05) is 0 Å². The second-order valence-electron chi connectivity index (χ2n) is 5.07. The highest BCUT2D eigenvalue weighted by Crippen LogP contribution is 2.22. The maximum atomic E-state index is 5.77. The van der Waals surface area contributed by atoms with Gasteiger partial charge < -0.3 is 10.1 Å². The number of nitrogens with one attached hydrogen (secondary N) is 1.